The molecular formula is C21H14ClFN2O3. The van der Waals surface area contributed by atoms with Gasteiger partial charge in [-0.05, 0) is 78.4 Å². The van der Waals surface area contributed by atoms with E-state index in [0.717, 1.165) is 0 Å². The first-order chi connectivity index (χ1) is 13.5. The summed E-state index contributed by atoms with van der Waals surface area (Å²) in [6.07, 6.45) is 1.44. The zero-order valence-corrected chi connectivity index (χ0v) is 15.2. The van der Waals surface area contributed by atoms with Gasteiger partial charge in [0.05, 0.1) is 11.8 Å². The van der Waals surface area contributed by atoms with E-state index < -0.39 is 17.7 Å². The normalized spacial score (nSPS) is 10.6. The number of halogens is 2. The standard InChI is InChI=1S/C21H14ClFN2O3/c22-17-7-3-16(4-8-17)21(27)28-19-11-1-14(2-12-19)13-24-25-20(26)15-5-9-18(23)10-6-15/h1-13H,(H,25,26)/b24-13+. The molecular weight excluding hydrogens is 383 g/mol. The Hall–Kier alpha value is -3.51. The topological polar surface area (TPSA) is 67.8 Å². The highest BCUT2D eigenvalue weighted by atomic mass is 35.5. The van der Waals surface area contributed by atoms with E-state index in [-0.39, 0.29) is 0 Å². The van der Waals surface area contributed by atoms with Crippen LogP contribution in [0.15, 0.2) is 77.9 Å². The first-order valence-electron chi connectivity index (χ1n) is 8.18. The van der Waals surface area contributed by atoms with E-state index in [1.165, 1.54) is 30.5 Å². The molecule has 0 radical (unpaired) electrons. The van der Waals surface area contributed by atoms with Crippen LogP contribution in [0, 0.1) is 5.82 Å². The van der Waals surface area contributed by atoms with Crippen molar-refractivity contribution in [1.29, 1.82) is 0 Å². The molecule has 5 nitrogen and oxygen atoms in total. The van der Waals surface area contributed by atoms with Gasteiger partial charge in [-0.25, -0.2) is 14.6 Å². The van der Waals surface area contributed by atoms with E-state index in [9.17, 15) is 14.0 Å². The summed E-state index contributed by atoms with van der Waals surface area (Å²) in [5, 5.41) is 4.38. The predicted octanol–water partition coefficient (Wildman–Crippen LogP) is 4.46. The molecule has 0 aromatic heterocycles. The molecule has 3 rings (SSSR count). The molecule has 3 aromatic carbocycles. The van der Waals surface area contributed by atoms with Crippen molar-refractivity contribution < 1.29 is 18.7 Å². The third kappa shape index (κ3) is 5.25. The molecule has 0 bridgehead atoms. The molecule has 0 saturated carbocycles. The summed E-state index contributed by atoms with van der Waals surface area (Å²) in [4.78, 5) is 23.9. The van der Waals surface area contributed by atoms with E-state index in [2.05, 4.69) is 10.5 Å². The van der Waals surface area contributed by atoms with Gasteiger partial charge in [-0.1, -0.05) is 11.6 Å². The number of benzene rings is 3. The largest absolute Gasteiger partial charge is 0.423 e. The molecule has 0 spiro atoms. The number of carbonyl (C=O) groups excluding carboxylic acids is 2. The van der Waals surface area contributed by atoms with E-state index in [1.54, 1.807) is 48.5 Å². The Morgan fingerprint density at radius 3 is 2.14 bits per heavy atom. The molecule has 0 aliphatic heterocycles. The van der Waals surface area contributed by atoms with Crippen molar-refractivity contribution in [1.82, 2.24) is 5.43 Å². The second-order valence-electron chi connectivity index (χ2n) is 5.67. The van der Waals surface area contributed by atoms with Crippen molar-refractivity contribution in [2.45, 2.75) is 0 Å². The Bertz CT molecular complexity index is 1000. The lowest BCUT2D eigenvalue weighted by atomic mass is 10.2. The van der Waals surface area contributed by atoms with Crippen molar-refractivity contribution >= 4 is 29.7 Å². The number of nitrogens with one attached hydrogen (secondary N) is 1. The summed E-state index contributed by atoms with van der Waals surface area (Å²) >= 11 is 5.79. The summed E-state index contributed by atoms with van der Waals surface area (Å²) in [6.45, 7) is 0. The number of hydrazone groups is 1. The van der Waals surface area contributed by atoms with E-state index >= 15 is 0 Å². The van der Waals surface area contributed by atoms with Gasteiger partial charge in [0, 0.05) is 10.6 Å². The number of esters is 1. The van der Waals surface area contributed by atoms with Gasteiger partial charge >= 0.3 is 5.97 Å². The van der Waals surface area contributed by atoms with Crippen molar-refractivity contribution in [3.63, 3.8) is 0 Å². The molecule has 0 aliphatic rings. The molecule has 0 saturated heterocycles. The number of carbonyl (C=O) groups is 2. The van der Waals surface area contributed by atoms with E-state index in [1.807, 2.05) is 0 Å². The average molecular weight is 397 g/mol. The maximum atomic E-state index is 12.8. The van der Waals surface area contributed by atoms with Crippen molar-refractivity contribution in [2.75, 3.05) is 0 Å². The van der Waals surface area contributed by atoms with Gasteiger partial charge in [0.1, 0.15) is 11.6 Å². The van der Waals surface area contributed by atoms with Crippen molar-refractivity contribution in [3.8, 4) is 5.75 Å². The second kappa shape index (κ2) is 8.92. The van der Waals surface area contributed by atoms with Gasteiger partial charge in [0.2, 0.25) is 0 Å². The van der Waals surface area contributed by atoms with Crippen LogP contribution in [-0.2, 0) is 0 Å². The Balaban J connectivity index is 1.55. The number of hydrogen-bond acceptors (Lipinski definition) is 4. The fourth-order valence-corrected chi connectivity index (χ4v) is 2.33. The third-order valence-corrected chi connectivity index (χ3v) is 3.91. The lowest BCUT2D eigenvalue weighted by Crippen LogP contribution is -2.17. The SMILES string of the molecule is O=C(N/N=C/c1ccc(OC(=O)c2ccc(Cl)cc2)cc1)c1ccc(F)cc1. The number of ether oxygens (including phenoxy) is 1. The van der Waals surface area contributed by atoms with Crippen LogP contribution in [-0.4, -0.2) is 18.1 Å². The van der Waals surface area contributed by atoms with Gasteiger partial charge in [-0.15, -0.1) is 0 Å². The first-order valence-corrected chi connectivity index (χ1v) is 8.56. The van der Waals surface area contributed by atoms with E-state index in [0.29, 0.717) is 27.5 Å². The van der Waals surface area contributed by atoms with Crippen molar-refractivity contribution in [2.24, 2.45) is 5.10 Å². The number of amides is 1. The van der Waals surface area contributed by atoms with Gasteiger partial charge in [-0.3, -0.25) is 4.79 Å². The highest BCUT2D eigenvalue weighted by molar-refractivity contribution is 6.30. The maximum absolute atomic E-state index is 12.8. The molecule has 0 atom stereocenters. The Morgan fingerprint density at radius 2 is 1.50 bits per heavy atom. The minimum atomic E-state index is -0.496. The molecule has 140 valence electrons. The Morgan fingerprint density at radius 1 is 0.893 bits per heavy atom. The van der Waals surface area contributed by atoms with Crippen LogP contribution in [0.4, 0.5) is 4.39 Å². The summed E-state index contributed by atoms with van der Waals surface area (Å²) in [7, 11) is 0. The second-order valence-corrected chi connectivity index (χ2v) is 6.11. The number of rotatable bonds is 5. The molecule has 28 heavy (non-hydrogen) atoms. The minimum Gasteiger partial charge on any atom is -0.423 e. The molecule has 3 aromatic rings. The molecule has 0 unspecified atom stereocenters. The predicted molar refractivity (Wildman–Crippen MR) is 104 cm³/mol. The zero-order valence-electron chi connectivity index (χ0n) is 14.4. The van der Waals surface area contributed by atoms with Crippen LogP contribution in [0.1, 0.15) is 26.3 Å². The lowest BCUT2D eigenvalue weighted by molar-refractivity contribution is 0.0734. The monoisotopic (exact) mass is 396 g/mol. The summed E-state index contributed by atoms with van der Waals surface area (Å²) in [6, 6.07) is 18.1. The van der Waals surface area contributed by atoms with Gasteiger partial charge in [0.25, 0.3) is 5.91 Å². The molecule has 0 heterocycles. The fourth-order valence-electron chi connectivity index (χ4n) is 2.21. The van der Waals surface area contributed by atoms with Gasteiger partial charge in [0.15, 0.2) is 0 Å². The van der Waals surface area contributed by atoms with Crippen molar-refractivity contribution in [3.05, 3.63) is 100 Å². The molecule has 0 aliphatic carbocycles. The highest BCUT2D eigenvalue weighted by Gasteiger charge is 2.08. The summed E-state index contributed by atoms with van der Waals surface area (Å²) < 4.78 is 18.1. The molecule has 1 N–H and O–H groups in total. The minimum absolute atomic E-state index is 0.294. The maximum Gasteiger partial charge on any atom is 0.343 e. The highest BCUT2D eigenvalue weighted by Crippen LogP contribution is 2.15. The van der Waals surface area contributed by atoms with Crippen LogP contribution in [0.2, 0.25) is 5.02 Å². The zero-order chi connectivity index (χ0) is 19.9. The summed E-state index contributed by atoms with van der Waals surface area (Å²) in [5.74, 6) is -1.00. The lowest BCUT2D eigenvalue weighted by Gasteiger charge is -2.04. The molecule has 7 heteroatoms. The average Bonchev–Trinajstić information content (AvgIpc) is 2.70. The summed E-state index contributed by atoms with van der Waals surface area (Å²) in [5.41, 5.74) is 3.72. The van der Waals surface area contributed by atoms with Gasteiger partial charge < -0.3 is 4.74 Å². The van der Waals surface area contributed by atoms with Gasteiger partial charge in [-0.2, -0.15) is 5.10 Å². The number of hydrogen-bond donors (Lipinski definition) is 1. The Kier molecular flexibility index (Phi) is 6.14. The Labute approximate surface area is 165 Å². The van der Waals surface area contributed by atoms with Crippen LogP contribution in [0.25, 0.3) is 0 Å². The van der Waals surface area contributed by atoms with E-state index in [4.69, 9.17) is 16.3 Å². The van der Waals surface area contributed by atoms with Crippen LogP contribution >= 0.6 is 11.6 Å². The third-order valence-electron chi connectivity index (χ3n) is 3.66. The quantitative estimate of drug-likeness (QED) is 0.299. The molecule has 1 amide bonds. The van der Waals surface area contributed by atoms with Crippen LogP contribution < -0.4 is 10.2 Å². The van der Waals surface area contributed by atoms with Crippen LogP contribution in [0.5, 0.6) is 5.75 Å². The number of nitrogens with zero attached hydrogens (tertiary/aromatic N) is 1. The fraction of sp³-hybridized carbons (Fsp3) is 0. The molecule has 0 fully saturated rings. The smallest absolute Gasteiger partial charge is 0.343 e. The van der Waals surface area contributed by atoms with Crippen LogP contribution in [0.3, 0.4) is 0 Å². The first kappa shape index (κ1) is 19.3.